The molecule has 1 fully saturated rings. The number of nitrogens with two attached hydrogens (primary N) is 1. The predicted octanol–water partition coefficient (Wildman–Crippen LogP) is 4.24. The van der Waals surface area contributed by atoms with E-state index < -0.39 is 5.82 Å². The lowest BCUT2D eigenvalue weighted by Gasteiger charge is -2.19. The van der Waals surface area contributed by atoms with E-state index in [4.69, 9.17) is 15.5 Å². The van der Waals surface area contributed by atoms with Gasteiger partial charge in [-0.1, -0.05) is 0 Å². The lowest BCUT2D eigenvalue weighted by Crippen LogP contribution is -2.21. The van der Waals surface area contributed by atoms with E-state index in [2.05, 4.69) is 25.2 Å². The Morgan fingerprint density at radius 1 is 1.19 bits per heavy atom. The summed E-state index contributed by atoms with van der Waals surface area (Å²) in [5.74, 6) is 0.303. The molecule has 0 saturated carbocycles. The molecule has 2 aromatic heterocycles. The van der Waals surface area contributed by atoms with E-state index >= 15 is 4.39 Å². The first-order valence-electron chi connectivity index (χ1n) is 10.4. The molecule has 2 aromatic carbocycles. The number of halogens is 1. The zero-order valence-corrected chi connectivity index (χ0v) is 19.1. The van der Waals surface area contributed by atoms with Crippen molar-refractivity contribution in [2.24, 2.45) is 0 Å². The van der Waals surface area contributed by atoms with Gasteiger partial charge in [0.05, 0.1) is 24.3 Å². The fourth-order valence-electron chi connectivity index (χ4n) is 4.87. The van der Waals surface area contributed by atoms with Crippen LogP contribution in [0.3, 0.4) is 0 Å². The third kappa shape index (κ3) is 2.75. The van der Waals surface area contributed by atoms with Crippen molar-refractivity contribution in [1.82, 2.24) is 9.97 Å². The van der Waals surface area contributed by atoms with Crippen LogP contribution in [0.4, 0.5) is 15.3 Å². The first-order chi connectivity index (χ1) is 15.6. The van der Waals surface area contributed by atoms with Gasteiger partial charge in [-0.2, -0.15) is 5.26 Å². The van der Waals surface area contributed by atoms with Crippen molar-refractivity contribution in [2.75, 3.05) is 23.7 Å². The number of aromatic nitrogens is 2. The van der Waals surface area contributed by atoms with Gasteiger partial charge in [0.25, 0.3) is 0 Å². The molecule has 1 saturated heterocycles. The Morgan fingerprint density at radius 3 is 2.75 bits per heavy atom. The number of benzene rings is 2. The van der Waals surface area contributed by atoms with Gasteiger partial charge >= 0.3 is 0 Å². The van der Waals surface area contributed by atoms with Crippen LogP contribution in [-0.2, 0) is 18.0 Å². The molecule has 4 heterocycles. The summed E-state index contributed by atoms with van der Waals surface area (Å²) in [5, 5.41) is 12.4. The molecule has 160 valence electrons. The van der Waals surface area contributed by atoms with Gasteiger partial charge in [-0.15, -0.1) is 20.6 Å². The minimum absolute atomic E-state index is 0.317. The topological polar surface area (TPSA) is 88.1 Å². The van der Waals surface area contributed by atoms with Crippen LogP contribution in [0.25, 0.3) is 32.1 Å². The maximum absolute atomic E-state index is 15.5. The molecule has 1 unspecified atom stereocenters. The minimum Gasteiger partial charge on any atom is -0.389 e. The molecule has 1 atom stereocenters. The van der Waals surface area contributed by atoms with E-state index in [0.717, 1.165) is 63.5 Å². The van der Waals surface area contributed by atoms with Crippen LogP contribution in [0.1, 0.15) is 29.5 Å². The first-order valence-corrected chi connectivity index (χ1v) is 11.8. The molecule has 2 aliphatic heterocycles. The monoisotopic (exact) mass is 463 g/mol. The highest BCUT2D eigenvalue weighted by Gasteiger charge is 2.29. The van der Waals surface area contributed by atoms with E-state index in [-0.39, 0.29) is 0 Å². The molecule has 0 aliphatic carbocycles. The van der Waals surface area contributed by atoms with Crippen molar-refractivity contribution < 1.29 is 9.13 Å². The summed E-state index contributed by atoms with van der Waals surface area (Å²) in [7, 11) is 2.76. The van der Waals surface area contributed by atoms with Gasteiger partial charge < -0.3 is 15.4 Å². The van der Waals surface area contributed by atoms with E-state index in [1.54, 1.807) is 6.07 Å². The molecular formula is C23H19FN5OPS. The molecule has 0 amide bonds. The number of fused-ring (bicyclic) bond motifs is 4. The second-order valence-electron chi connectivity index (χ2n) is 8.11. The van der Waals surface area contributed by atoms with E-state index in [1.807, 2.05) is 6.20 Å². The summed E-state index contributed by atoms with van der Waals surface area (Å²) < 4.78 is 22.1. The standard InChI is InChI=1S/C23H19FN5OPS/c24-15-3-4-16-17(11(7-25)22(26)32-16)19(15)18-14-10-30-9-13(14)12-8-27-23(28-20(12)21(18)31)29-5-1-2-6-29/h3-4,8H,1-2,5-6,9-10,26,31H2. The summed E-state index contributed by atoms with van der Waals surface area (Å²) in [6.07, 6.45) is 4.12. The zero-order valence-electron chi connectivity index (χ0n) is 17.1. The molecular weight excluding hydrogens is 444 g/mol. The molecule has 6 rings (SSSR count). The second kappa shape index (κ2) is 7.35. The van der Waals surface area contributed by atoms with Gasteiger partial charge in [-0.05, 0) is 36.1 Å². The van der Waals surface area contributed by atoms with E-state index in [0.29, 0.717) is 40.7 Å². The van der Waals surface area contributed by atoms with Gasteiger partial charge in [-0.25, -0.2) is 14.4 Å². The Balaban J connectivity index is 1.72. The van der Waals surface area contributed by atoms with Crippen molar-refractivity contribution in [3.05, 3.63) is 40.8 Å². The van der Waals surface area contributed by atoms with Crippen LogP contribution in [0.5, 0.6) is 0 Å². The van der Waals surface area contributed by atoms with Crippen molar-refractivity contribution in [3.63, 3.8) is 0 Å². The summed E-state index contributed by atoms with van der Waals surface area (Å²) in [6.45, 7) is 2.66. The number of hydrogen-bond donors (Lipinski definition) is 1. The Bertz CT molecular complexity index is 1470. The summed E-state index contributed by atoms with van der Waals surface area (Å²) in [6, 6.07) is 5.30. The first kappa shape index (κ1) is 19.8. The Hall–Kier alpha value is -2.85. The van der Waals surface area contributed by atoms with Crippen molar-refractivity contribution in [2.45, 2.75) is 26.1 Å². The molecule has 2 aliphatic rings. The van der Waals surface area contributed by atoms with E-state index in [9.17, 15) is 5.26 Å². The number of nitriles is 1. The van der Waals surface area contributed by atoms with Gasteiger partial charge in [0.1, 0.15) is 16.9 Å². The van der Waals surface area contributed by atoms with E-state index in [1.165, 1.54) is 17.4 Å². The third-order valence-corrected chi connectivity index (χ3v) is 7.91. The molecule has 0 bridgehead atoms. The van der Waals surface area contributed by atoms with Gasteiger partial charge in [0.2, 0.25) is 5.95 Å². The number of ether oxygens (including phenoxy) is 1. The van der Waals surface area contributed by atoms with Crippen molar-refractivity contribution in [3.8, 4) is 17.2 Å². The largest absolute Gasteiger partial charge is 0.389 e. The number of anilines is 2. The predicted molar refractivity (Wildman–Crippen MR) is 129 cm³/mol. The Kier molecular flexibility index (Phi) is 4.55. The molecule has 4 aromatic rings. The highest BCUT2D eigenvalue weighted by molar-refractivity contribution is 7.29. The van der Waals surface area contributed by atoms with Crippen LogP contribution in [-0.4, -0.2) is 23.1 Å². The smallest absolute Gasteiger partial charge is 0.225 e. The lowest BCUT2D eigenvalue weighted by atomic mass is 9.91. The third-order valence-electron chi connectivity index (χ3n) is 6.37. The van der Waals surface area contributed by atoms with Crippen LogP contribution in [0.15, 0.2) is 18.3 Å². The molecule has 6 nitrogen and oxygen atoms in total. The summed E-state index contributed by atoms with van der Waals surface area (Å²) >= 11 is 1.30. The summed E-state index contributed by atoms with van der Waals surface area (Å²) in [5.41, 5.74) is 10.2. The molecule has 32 heavy (non-hydrogen) atoms. The van der Waals surface area contributed by atoms with Crippen molar-refractivity contribution in [1.29, 1.82) is 5.26 Å². The van der Waals surface area contributed by atoms with Gasteiger partial charge in [-0.3, -0.25) is 0 Å². The number of nitrogens with zero attached hydrogens (tertiary/aromatic N) is 4. The second-order valence-corrected chi connectivity index (χ2v) is 9.77. The quantitative estimate of drug-likeness (QED) is 0.448. The number of thiophene rings is 1. The maximum Gasteiger partial charge on any atom is 0.225 e. The highest BCUT2D eigenvalue weighted by atomic mass is 32.1. The van der Waals surface area contributed by atoms with Gasteiger partial charge in [0, 0.05) is 51.2 Å². The molecule has 2 N–H and O–H groups in total. The average molecular weight is 463 g/mol. The lowest BCUT2D eigenvalue weighted by molar-refractivity contribution is 0.135. The van der Waals surface area contributed by atoms with Gasteiger partial charge in [0.15, 0.2) is 0 Å². The van der Waals surface area contributed by atoms with Crippen LogP contribution >= 0.6 is 20.6 Å². The van der Waals surface area contributed by atoms with Crippen LogP contribution < -0.4 is 15.9 Å². The molecule has 9 heteroatoms. The average Bonchev–Trinajstić information content (AvgIpc) is 3.54. The van der Waals surface area contributed by atoms with Crippen LogP contribution in [0.2, 0.25) is 0 Å². The van der Waals surface area contributed by atoms with Crippen molar-refractivity contribution >= 4 is 57.8 Å². The number of rotatable bonds is 2. The Labute approximate surface area is 190 Å². The highest BCUT2D eigenvalue weighted by Crippen LogP contribution is 2.44. The Morgan fingerprint density at radius 2 is 1.97 bits per heavy atom. The maximum atomic E-state index is 15.5. The minimum atomic E-state index is -0.391. The fraction of sp³-hybridized carbons (Fsp3) is 0.261. The molecule has 0 spiro atoms. The SMILES string of the molecule is N#Cc1c(N)sc2ccc(F)c(-c3c4c(c5cnc(N6CCCC6)nc5c3P)COC4)c12. The fourth-order valence-corrected chi connectivity index (χ4v) is 6.33. The zero-order chi connectivity index (χ0) is 22.0. The van der Waals surface area contributed by atoms with Crippen LogP contribution in [0, 0.1) is 17.1 Å². The normalized spacial score (nSPS) is 15.6. The summed E-state index contributed by atoms with van der Waals surface area (Å²) in [4.78, 5) is 11.7. The number of hydrogen-bond acceptors (Lipinski definition) is 7. The molecule has 0 radical (unpaired) electrons. The number of nitrogen functional groups attached to an aromatic ring is 1.